The molecule has 1 aliphatic heterocycles. The first kappa shape index (κ1) is 10.4. The molecule has 0 aromatic rings. The molecule has 1 unspecified atom stereocenters. The van der Waals surface area contributed by atoms with Crippen molar-refractivity contribution in [1.29, 1.82) is 0 Å². The highest BCUT2D eigenvalue weighted by Gasteiger charge is 2.18. The summed E-state index contributed by atoms with van der Waals surface area (Å²) in [7, 11) is 0. The molecule has 1 saturated carbocycles. The Morgan fingerprint density at radius 1 is 0.714 bits per heavy atom. The molecule has 2 nitrogen and oxygen atoms in total. The molecule has 0 aromatic carbocycles. The normalized spacial score (nSPS) is 31.3. The van der Waals surface area contributed by atoms with Gasteiger partial charge >= 0.3 is 0 Å². The molecular weight excluding hydrogens is 172 g/mol. The quantitative estimate of drug-likeness (QED) is 0.706. The van der Waals surface area contributed by atoms with Gasteiger partial charge in [-0.2, -0.15) is 0 Å². The molecule has 14 heavy (non-hydrogen) atoms. The number of rotatable bonds is 2. The summed E-state index contributed by atoms with van der Waals surface area (Å²) in [6.45, 7) is 2.44. The zero-order chi connectivity index (χ0) is 9.64. The molecule has 1 saturated heterocycles. The Hall–Kier alpha value is -0.0800. The van der Waals surface area contributed by atoms with Crippen molar-refractivity contribution in [2.45, 2.75) is 63.5 Å². The Kier molecular flexibility index (Phi) is 4.26. The van der Waals surface area contributed by atoms with E-state index in [-0.39, 0.29) is 0 Å². The predicted octanol–water partition coefficient (Wildman–Crippen LogP) is 2.05. The molecule has 1 heterocycles. The van der Waals surface area contributed by atoms with E-state index < -0.39 is 0 Å². The average Bonchev–Trinajstić information content (AvgIpc) is 2.48. The Labute approximate surface area is 87.8 Å². The third-order valence-electron chi connectivity index (χ3n) is 3.65. The lowest BCUT2D eigenvalue weighted by molar-refractivity contribution is 0.323. The van der Waals surface area contributed by atoms with Gasteiger partial charge in [0.1, 0.15) is 0 Å². The molecule has 1 aliphatic carbocycles. The van der Waals surface area contributed by atoms with Crippen molar-refractivity contribution in [1.82, 2.24) is 10.6 Å². The van der Waals surface area contributed by atoms with Crippen LogP contribution < -0.4 is 10.6 Å². The first-order valence-electron chi connectivity index (χ1n) is 6.42. The van der Waals surface area contributed by atoms with Gasteiger partial charge in [-0.3, -0.25) is 0 Å². The van der Waals surface area contributed by atoms with Crippen LogP contribution in [0.25, 0.3) is 0 Å². The maximum absolute atomic E-state index is 3.86. The van der Waals surface area contributed by atoms with E-state index in [1.807, 2.05) is 0 Å². The lowest BCUT2D eigenvalue weighted by atomic mass is 9.94. The van der Waals surface area contributed by atoms with E-state index in [4.69, 9.17) is 0 Å². The fraction of sp³-hybridized carbons (Fsp3) is 1.00. The van der Waals surface area contributed by atoms with Gasteiger partial charge in [0.2, 0.25) is 0 Å². The van der Waals surface area contributed by atoms with Gasteiger partial charge in [-0.05, 0) is 45.2 Å². The highest BCUT2D eigenvalue weighted by Crippen LogP contribution is 2.19. The molecule has 0 spiro atoms. The summed E-state index contributed by atoms with van der Waals surface area (Å²) >= 11 is 0. The minimum absolute atomic E-state index is 0.799. The highest BCUT2D eigenvalue weighted by atomic mass is 15.0. The topological polar surface area (TPSA) is 24.1 Å². The van der Waals surface area contributed by atoms with Crippen molar-refractivity contribution < 1.29 is 0 Å². The molecule has 82 valence electrons. The molecule has 2 aliphatic rings. The summed E-state index contributed by atoms with van der Waals surface area (Å²) in [5.74, 6) is 0. The van der Waals surface area contributed by atoms with Crippen LogP contribution in [-0.2, 0) is 0 Å². The fourth-order valence-electron chi connectivity index (χ4n) is 2.79. The van der Waals surface area contributed by atoms with Crippen LogP contribution in [0.2, 0.25) is 0 Å². The third kappa shape index (κ3) is 3.25. The maximum Gasteiger partial charge on any atom is 0.00822 e. The van der Waals surface area contributed by atoms with Crippen molar-refractivity contribution >= 4 is 0 Å². The summed E-state index contributed by atoms with van der Waals surface area (Å²) in [5, 5.41) is 7.33. The van der Waals surface area contributed by atoms with Gasteiger partial charge in [-0.15, -0.1) is 0 Å². The van der Waals surface area contributed by atoms with Gasteiger partial charge in [0.25, 0.3) is 0 Å². The lowest BCUT2D eigenvalue weighted by Crippen LogP contribution is -2.39. The number of hydrogen-bond acceptors (Lipinski definition) is 2. The highest BCUT2D eigenvalue weighted by molar-refractivity contribution is 4.79. The van der Waals surface area contributed by atoms with Crippen molar-refractivity contribution in [3.63, 3.8) is 0 Å². The summed E-state index contributed by atoms with van der Waals surface area (Å²) in [5.41, 5.74) is 0. The van der Waals surface area contributed by atoms with Crippen LogP contribution in [0.3, 0.4) is 0 Å². The Bertz CT molecular complexity index is 144. The SMILES string of the molecule is C1CCC(NC2CCCNCC2)CC1. The summed E-state index contributed by atoms with van der Waals surface area (Å²) < 4.78 is 0. The molecule has 2 N–H and O–H groups in total. The fourth-order valence-corrected chi connectivity index (χ4v) is 2.79. The first-order chi connectivity index (χ1) is 6.95. The summed E-state index contributed by atoms with van der Waals surface area (Å²) in [4.78, 5) is 0. The number of hydrogen-bond donors (Lipinski definition) is 2. The zero-order valence-electron chi connectivity index (χ0n) is 9.23. The minimum Gasteiger partial charge on any atom is -0.317 e. The molecule has 0 bridgehead atoms. The van der Waals surface area contributed by atoms with E-state index in [1.165, 1.54) is 64.5 Å². The number of nitrogens with one attached hydrogen (secondary N) is 2. The molecule has 0 aromatic heterocycles. The van der Waals surface area contributed by atoms with Gasteiger partial charge < -0.3 is 10.6 Å². The second-order valence-electron chi connectivity index (χ2n) is 4.88. The van der Waals surface area contributed by atoms with E-state index in [1.54, 1.807) is 0 Å². The van der Waals surface area contributed by atoms with Gasteiger partial charge in [0.15, 0.2) is 0 Å². The molecular formula is C12H24N2. The minimum atomic E-state index is 0.799. The molecule has 0 radical (unpaired) electrons. The Balaban J connectivity index is 1.71. The Morgan fingerprint density at radius 2 is 1.43 bits per heavy atom. The summed E-state index contributed by atoms with van der Waals surface area (Å²) in [6, 6.07) is 1.64. The predicted molar refractivity (Wildman–Crippen MR) is 60.5 cm³/mol. The van der Waals surface area contributed by atoms with Crippen molar-refractivity contribution in [3.8, 4) is 0 Å². The van der Waals surface area contributed by atoms with Crippen molar-refractivity contribution in [2.24, 2.45) is 0 Å². The van der Waals surface area contributed by atoms with Crippen LogP contribution in [0, 0.1) is 0 Å². The van der Waals surface area contributed by atoms with E-state index in [0.717, 1.165) is 12.1 Å². The van der Waals surface area contributed by atoms with Crippen LogP contribution >= 0.6 is 0 Å². The largest absolute Gasteiger partial charge is 0.317 e. The zero-order valence-corrected chi connectivity index (χ0v) is 9.23. The Morgan fingerprint density at radius 3 is 2.29 bits per heavy atom. The molecule has 2 fully saturated rings. The van der Waals surface area contributed by atoms with Gasteiger partial charge in [0.05, 0.1) is 0 Å². The first-order valence-corrected chi connectivity index (χ1v) is 6.42. The van der Waals surface area contributed by atoms with E-state index >= 15 is 0 Å². The van der Waals surface area contributed by atoms with Crippen LogP contribution in [0.5, 0.6) is 0 Å². The van der Waals surface area contributed by atoms with Crippen LogP contribution in [-0.4, -0.2) is 25.2 Å². The monoisotopic (exact) mass is 196 g/mol. The molecule has 2 rings (SSSR count). The molecule has 0 amide bonds. The van der Waals surface area contributed by atoms with E-state index in [2.05, 4.69) is 10.6 Å². The second-order valence-corrected chi connectivity index (χ2v) is 4.88. The van der Waals surface area contributed by atoms with E-state index in [9.17, 15) is 0 Å². The second kappa shape index (κ2) is 5.72. The van der Waals surface area contributed by atoms with Crippen LogP contribution in [0.15, 0.2) is 0 Å². The van der Waals surface area contributed by atoms with E-state index in [0.29, 0.717) is 0 Å². The smallest absolute Gasteiger partial charge is 0.00822 e. The summed E-state index contributed by atoms with van der Waals surface area (Å²) in [6.07, 6.45) is 11.3. The van der Waals surface area contributed by atoms with Crippen LogP contribution in [0.1, 0.15) is 51.4 Å². The van der Waals surface area contributed by atoms with Gasteiger partial charge in [0, 0.05) is 12.1 Å². The molecule has 1 atom stereocenters. The van der Waals surface area contributed by atoms with Crippen molar-refractivity contribution in [3.05, 3.63) is 0 Å². The third-order valence-corrected chi connectivity index (χ3v) is 3.65. The standard InChI is InChI=1S/C12H24N2/c1-2-5-11(6-3-1)14-12-7-4-9-13-10-8-12/h11-14H,1-10H2. The van der Waals surface area contributed by atoms with Gasteiger partial charge in [-0.1, -0.05) is 19.3 Å². The van der Waals surface area contributed by atoms with Crippen molar-refractivity contribution in [2.75, 3.05) is 13.1 Å². The molecule has 2 heteroatoms. The lowest BCUT2D eigenvalue weighted by Gasteiger charge is -2.27. The average molecular weight is 196 g/mol. The van der Waals surface area contributed by atoms with Gasteiger partial charge in [-0.25, -0.2) is 0 Å². The van der Waals surface area contributed by atoms with Crippen LogP contribution in [0.4, 0.5) is 0 Å². The maximum atomic E-state index is 3.86.